The highest BCUT2D eigenvalue weighted by molar-refractivity contribution is 6.33. The molecule has 1 aromatic carbocycles. The molecule has 1 heterocycles. The first-order valence-electron chi connectivity index (χ1n) is 7.15. The van der Waals surface area contributed by atoms with Crippen molar-refractivity contribution >= 4 is 17.3 Å². The van der Waals surface area contributed by atoms with Crippen molar-refractivity contribution in [3.8, 4) is 0 Å². The minimum Gasteiger partial charge on any atom is -0.370 e. The fraction of sp³-hybridized carbons (Fsp3) is 0.625. The molecule has 19 heavy (non-hydrogen) atoms. The van der Waals surface area contributed by atoms with E-state index in [1.807, 2.05) is 0 Å². The minimum atomic E-state index is 0.376. The van der Waals surface area contributed by atoms with Gasteiger partial charge in [0.1, 0.15) is 0 Å². The van der Waals surface area contributed by atoms with E-state index in [0.29, 0.717) is 12.0 Å². The number of halogens is 1. The van der Waals surface area contributed by atoms with Crippen LogP contribution in [-0.4, -0.2) is 19.6 Å². The summed E-state index contributed by atoms with van der Waals surface area (Å²) in [5.41, 5.74) is 8.36. The third-order valence-corrected chi connectivity index (χ3v) is 4.50. The molecule has 1 unspecified atom stereocenters. The smallest absolute Gasteiger partial charge is 0.0642 e. The summed E-state index contributed by atoms with van der Waals surface area (Å²) in [5.74, 6) is 0.743. The third kappa shape index (κ3) is 3.43. The molecule has 1 atom stereocenters. The Balaban J connectivity index is 2.11. The van der Waals surface area contributed by atoms with Gasteiger partial charge in [-0.3, -0.25) is 0 Å². The van der Waals surface area contributed by atoms with E-state index in [0.717, 1.165) is 30.5 Å². The lowest BCUT2D eigenvalue weighted by molar-refractivity contribution is 0.263. The average molecular weight is 281 g/mol. The average Bonchev–Trinajstić information content (AvgIpc) is 2.78. The lowest BCUT2D eigenvalue weighted by atomic mass is 9.80. The van der Waals surface area contributed by atoms with Crippen molar-refractivity contribution in [1.82, 2.24) is 0 Å². The van der Waals surface area contributed by atoms with Crippen molar-refractivity contribution in [2.45, 2.75) is 33.6 Å². The number of nitrogens with zero attached hydrogens (tertiary/aromatic N) is 1. The lowest BCUT2D eigenvalue weighted by Crippen LogP contribution is -2.26. The Morgan fingerprint density at radius 1 is 1.37 bits per heavy atom. The van der Waals surface area contributed by atoms with E-state index >= 15 is 0 Å². The molecule has 3 heteroatoms. The van der Waals surface area contributed by atoms with Gasteiger partial charge in [0.25, 0.3) is 0 Å². The summed E-state index contributed by atoms with van der Waals surface area (Å²) >= 11 is 6.42. The first kappa shape index (κ1) is 14.7. The maximum absolute atomic E-state index is 6.42. The molecule has 0 aromatic heterocycles. The zero-order valence-electron chi connectivity index (χ0n) is 12.2. The quantitative estimate of drug-likeness (QED) is 0.914. The molecule has 1 aliphatic heterocycles. The number of nitrogens with two attached hydrogens (primary N) is 1. The molecule has 0 aliphatic carbocycles. The summed E-state index contributed by atoms with van der Waals surface area (Å²) in [4.78, 5) is 2.42. The zero-order valence-corrected chi connectivity index (χ0v) is 13.0. The molecule has 1 aliphatic rings. The van der Waals surface area contributed by atoms with Crippen LogP contribution in [-0.2, 0) is 6.42 Å². The van der Waals surface area contributed by atoms with Crippen LogP contribution in [0, 0.1) is 11.3 Å². The Morgan fingerprint density at radius 2 is 2.11 bits per heavy atom. The van der Waals surface area contributed by atoms with Crippen molar-refractivity contribution < 1.29 is 0 Å². The zero-order chi connectivity index (χ0) is 14.0. The standard InChI is InChI=1S/C16H25ClN2/c1-16(2,3)13-7-9-19(11-13)15-5-4-12(6-8-18)10-14(15)17/h4-5,10,13H,6-9,11,18H2,1-3H3. The summed E-state index contributed by atoms with van der Waals surface area (Å²) < 4.78 is 0. The van der Waals surface area contributed by atoms with Crippen LogP contribution in [0.1, 0.15) is 32.8 Å². The molecule has 2 rings (SSSR count). The largest absolute Gasteiger partial charge is 0.370 e. The van der Waals surface area contributed by atoms with E-state index in [-0.39, 0.29) is 0 Å². The number of rotatable bonds is 3. The fourth-order valence-electron chi connectivity index (χ4n) is 2.81. The van der Waals surface area contributed by atoms with E-state index in [4.69, 9.17) is 17.3 Å². The monoisotopic (exact) mass is 280 g/mol. The van der Waals surface area contributed by atoms with E-state index in [1.165, 1.54) is 17.7 Å². The van der Waals surface area contributed by atoms with Gasteiger partial charge in [0.2, 0.25) is 0 Å². The van der Waals surface area contributed by atoms with Gasteiger partial charge in [0, 0.05) is 13.1 Å². The Kier molecular flexibility index (Phi) is 4.42. The second kappa shape index (κ2) is 5.72. The molecule has 1 fully saturated rings. The van der Waals surface area contributed by atoms with Gasteiger partial charge in [-0.25, -0.2) is 0 Å². The summed E-state index contributed by atoms with van der Waals surface area (Å²) in [6.45, 7) is 9.87. The molecule has 0 radical (unpaired) electrons. The Morgan fingerprint density at radius 3 is 2.63 bits per heavy atom. The van der Waals surface area contributed by atoms with Gasteiger partial charge in [-0.05, 0) is 48.4 Å². The predicted octanol–water partition coefficient (Wildman–Crippen LogP) is 3.71. The van der Waals surface area contributed by atoms with Crippen LogP contribution in [0.15, 0.2) is 18.2 Å². The van der Waals surface area contributed by atoms with Gasteiger partial charge in [-0.1, -0.05) is 38.4 Å². The van der Waals surface area contributed by atoms with Crippen molar-refractivity contribution in [2.24, 2.45) is 17.1 Å². The molecule has 2 N–H and O–H groups in total. The van der Waals surface area contributed by atoms with E-state index < -0.39 is 0 Å². The molecule has 1 aromatic rings. The maximum Gasteiger partial charge on any atom is 0.0642 e. The van der Waals surface area contributed by atoms with Crippen LogP contribution in [0.5, 0.6) is 0 Å². The second-order valence-corrected chi connectivity index (χ2v) is 7.03. The van der Waals surface area contributed by atoms with Gasteiger partial charge < -0.3 is 10.6 Å². The topological polar surface area (TPSA) is 29.3 Å². The number of hydrogen-bond donors (Lipinski definition) is 1. The molecule has 0 bridgehead atoms. The first-order chi connectivity index (χ1) is 8.91. The normalized spacial score (nSPS) is 20.1. The number of benzene rings is 1. The molecular weight excluding hydrogens is 256 g/mol. The number of hydrogen-bond acceptors (Lipinski definition) is 2. The van der Waals surface area contributed by atoms with Crippen LogP contribution in [0.2, 0.25) is 5.02 Å². The Hall–Kier alpha value is -0.730. The highest BCUT2D eigenvalue weighted by atomic mass is 35.5. The summed E-state index contributed by atoms with van der Waals surface area (Å²) in [6, 6.07) is 6.37. The molecular formula is C16H25ClN2. The molecule has 106 valence electrons. The molecule has 0 saturated carbocycles. The molecule has 2 nitrogen and oxygen atoms in total. The minimum absolute atomic E-state index is 0.376. The SMILES string of the molecule is CC(C)(C)C1CCN(c2ccc(CCN)cc2Cl)C1. The van der Waals surface area contributed by atoms with Crippen LogP contribution < -0.4 is 10.6 Å². The predicted molar refractivity (Wildman–Crippen MR) is 84.0 cm³/mol. The fourth-order valence-corrected chi connectivity index (χ4v) is 3.14. The van der Waals surface area contributed by atoms with Crippen LogP contribution >= 0.6 is 11.6 Å². The molecule has 0 amide bonds. The molecule has 1 saturated heterocycles. The van der Waals surface area contributed by atoms with Crippen LogP contribution in [0.3, 0.4) is 0 Å². The van der Waals surface area contributed by atoms with E-state index in [9.17, 15) is 0 Å². The summed E-state index contributed by atoms with van der Waals surface area (Å²) in [5, 5.41) is 0.862. The van der Waals surface area contributed by atoms with E-state index in [1.54, 1.807) is 0 Å². The van der Waals surface area contributed by atoms with Gasteiger partial charge in [-0.15, -0.1) is 0 Å². The van der Waals surface area contributed by atoms with E-state index in [2.05, 4.69) is 43.9 Å². The Labute approximate surface area is 121 Å². The summed E-state index contributed by atoms with van der Waals surface area (Å²) in [7, 11) is 0. The van der Waals surface area contributed by atoms with Gasteiger partial charge >= 0.3 is 0 Å². The highest BCUT2D eigenvalue weighted by Crippen LogP contribution is 2.37. The third-order valence-electron chi connectivity index (χ3n) is 4.20. The first-order valence-corrected chi connectivity index (χ1v) is 7.53. The summed E-state index contributed by atoms with van der Waals surface area (Å²) in [6.07, 6.45) is 2.15. The van der Waals surface area contributed by atoms with Gasteiger partial charge in [-0.2, -0.15) is 0 Å². The van der Waals surface area contributed by atoms with Crippen LogP contribution in [0.25, 0.3) is 0 Å². The van der Waals surface area contributed by atoms with Gasteiger partial charge in [0.05, 0.1) is 10.7 Å². The second-order valence-electron chi connectivity index (χ2n) is 6.62. The van der Waals surface area contributed by atoms with Crippen molar-refractivity contribution in [3.05, 3.63) is 28.8 Å². The highest BCUT2D eigenvalue weighted by Gasteiger charge is 2.32. The molecule has 0 spiro atoms. The van der Waals surface area contributed by atoms with Crippen LogP contribution in [0.4, 0.5) is 5.69 Å². The van der Waals surface area contributed by atoms with Gasteiger partial charge in [0.15, 0.2) is 0 Å². The lowest BCUT2D eigenvalue weighted by Gasteiger charge is -2.28. The number of anilines is 1. The van der Waals surface area contributed by atoms with Crippen molar-refractivity contribution in [3.63, 3.8) is 0 Å². The maximum atomic E-state index is 6.42. The van der Waals surface area contributed by atoms with Crippen molar-refractivity contribution in [1.29, 1.82) is 0 Å². The Bertz CT molecular complexity index is 437. The van der Waals surface area contributed by atoms with Crippen molar-refractivity contribution in [2.75, 3.05) is 24.5 Å².